The van der Waals surface area contributed by atoms with Gasteiger partial charge in [-0.05, 0) is 11.6 Å². The van der Waals surface area contributed by atoms with Crippen molar-refractivity contribution in [3.63, 3.8) is 0 Å². The van der Waals surface area contributed by atoms with Gasteiger partial charge in [0.1, 0.15) is 0 Å². The van der Waals surface area contributed by atoms with E-state index < -0.39 is 0 Å². The van der Waals surface area contributed by atoms with Crippen molar-refractivity contribution < 1.29 is 0 Å². The average molecular weight is 261 g/mol. The standard InChI is InChI=1S/C17H15N3/c18-12-17-15(13-7-3-1-4-8-13)11-16(19-20-17)14-9-5-2-6-10-14/h1-11H,12,18H2. The molecule has 0 atom stereocenters. The molecule has 0 saturated carbocycles. The maximum Gasteiger partial charge on any atom is 0.0936 e. The molecular weight excluding hydrogens is 246 g/mol. The van der Waals surface area contributed by atoms with Crippen LogP contribution < -0.4 is 5.73 Å². The molecule has 0 aliphatic rings. The zero-order chi connectivity index (χ0) is 13.8. The number of nitrogens with two attached hydrogens (primary N) is 1. The Hall–Kier alpha value is -2.52. The lowest BCUT2D eigenvalue weighted by Crippen LogP contribution is -2.04. The fourth-order valence-corrected chi connectivity index (χ4v) is 2.19. The van der Waals surface area contributed by atoms with Crippen LogP contribution in [0, 0.1) is 0 Å². The second-order valence-electron chi connectivity index (χ2n) is 4.53. The zero-order valence-electron chi connectivity index (χ0n) is 11.0. The van der Waals surface area contributed by atoms with E-state index in [9.17, 15) is 0 Å². The Morgan fingerprint density at radius 2 is 1.35 bits per heavy atom. The van der Waals surface area contributed by atoms with Crippen molar-refractivity contribution in [1.29, 1.82) is 0 Å². The minimum atomic E-state index is 0.381. The van der Waals surface area contributed by atoms with Gasteiger partial charge in [-0.25, -0.2) is 0 Å². The van der Waals surface area contributed by atoms with Gasteiger partial charge in [-0.1, -0.05) is 60.7 Å². The van der Waals surface area contributed by atoms with E-state index in [4.69, 9.17) is 5.73 Å². The largest absolute Gasteiger partial charge is 0.325 e. The van der Waals surface area contributed by atoms with Gasteiger partial charge in [-0.2, -0.15) is 10.2 Å². The van der Waals surface area contributed by atoms with Crippen LogP contribution in [0.1, 0.15) is 5.69 Å². The van der Waals surface area contributed by atoms with Crippen LogP contribution in [0.2, 0.25) is 0 Å². The fourth-order valence-electron chi connectivity index (χ4n) is 2.19. The number of hydrogen-bond acceptors (Lipinski definition) is 3. The average Bonchev–Trinajstić information content (AvgIpc) is 2.56. The highest BCUT2D eigenvalue weighted by atomic mass is 15.1. The molecule has 1 aromatic heterocycles. The predicted octanol–water partition coefficient (Wildman–Crippen LogP) is 3.27. The molecule has 3 aromatic rings. The van der Waals surface area contributed by atoms with E-state index in [0.717, 1.165) is 28.1 Å². The van der Waals surface area contributed by atoms with Crippen molar-refractivity contribution in [3.8, 4) is 22.4 Å². The van der Waals surface area contributed by atoms with Gasteiger partial charge in [-0.3, -0.25) is 0 Å². The van der Waals surface area contributed by atoms with Gasteiger partial charge in [0, 0.05) is 17.7 Å². The lowest BCUT2D eigenvalue weighted by atomic mass is 10.0. The molecule has 0 amide bonds. The first-order valence-corrected chi connectivity index (χ1v) is 6.56. The fraction of sp³-hybridized carbons (Fsp3) is 0.0588. The Morgan fingerprint density at radius 3 is 1.95 bits per heavy atom. The monoisotopic (exact) mass is 261 g/mol. The first-order chi connectivity index (χ1) is 9.88. The summed E-state index contributed by atoms with van der Waals surface area (Å²) >= 11 is 0. The quantitative estimate of drug-likeness (QED) is 0.787. The van der Waals surface area contributed by atoms with Crippen LogP contribution in [0.25, 0.3) is 22.4 Å². The zero-order valence-corrected chi connectivity index (χ0v) is 11.0. The van der Waals surface area contributed by atoms with Crippen LogP contribution in [0.15, 0.2) is 66.7 Å². The third-order valence-corrected chi connectivity index (χ3v) is 3.22. The maximum absolute atomic E-state index is 5.77. The molecule has 2 aromatic carbocycles. The summed E-state index contributed by atoms with van der Waals surface area (Å²) in [5.74, 6) is 0. The molecule has 0 radical (unpaired) electrons. The second-order valence-corrected chi connectivity index (χ2v) is 4.53. The SMILES string of the molecule is NCc1nnc(-c2ccccc2)cc1-c1ccccc1. The van der Waals surface area contributed by atoms with Crippen LogP contribution in [0.5, 0.6) is 0 Å². The van der Waals surface area contributed by atoms with Crippen LogP contribution in [0.4, 0.5) is 0 Å². The first-order valence-electron chi connectivity index (χ1n) is 6.56. The van der Waals surface area contributed by atoms with Crippen LogP contribution in [-0.4, -0.2) is 10.2 Å². The number of aromatic nitrogens is 2. The summed E-state index contributed by atoms with van der Waals surface area (Å²) < 4.78 is 0. The third-order valence-electron chi connectivity index (χ3n) is 3.22. The summed E-state index contributed by atoms with van der Waals surface area (Å²) in [7, 11) is 0. The Kier molecular flexibility index (Phi) is 3.52. The lowest BCUT2D eigenvalue weighted by Gasteiger charge is -2.09. The molecule has 3 nitrogen and oxygen atoms in total. The molecule has 0 spiro atoms. The minimum absolute atomic E-state index is 0.381. The molecule has 2 N–H and O–H groups in total. The molecule has 0 saturated heterocycles. The van der Waals surface area contributed by atoms with E-state index in [1.54, 1.807) is 0 Å². The van der Waals surface area contributed by atoms with Crippen molar-refractivity contribution in [3.05, 3.63) is 72.4 Å². The molecule has 98 valence electrons. The molecule has 0 aliphatic heterocycles. The van der Waals surface area contributed by atoms with Gasteiger partial charge in [0.2, 0.25) is 0 Å². The summed E-state index contributed by atoms with van der Waals surface area (Å²) in [6, 6.07) is 22.2. The highest BCUT2D eigenvalue weighted by molar-refractivity contribution is 5.71. The van der Waals surface area contributed by atoms with Crippen LogP contribution in [-0.2, 0) is 6.54 Å². The predicted molar refractivity (Wildman–Crippen MR) is 80.8 cm³/mol. The van der Waals surface area contributed by atoms with Gasteiger partial charge < -0.3 is 5.73 Å². The second kappa shape index (κ2) is 5.63. The van der Waals surface area contributed by atoms with E-state index in [2.05, 4.69) is 28.4 Å². The molecule has 1 heterocycles. The van der Waals surface area contributed by atoms with E-state index in [-0.39, 0.29) is 0 Å². The van der Waals surface area contributed by atoms with E-state index >= 15 is 0 Å². The summed E-state index contributed by atoms with van der Waals surface area (Å²) in [5.41, 5.74) is 10.7. The minimum Gasteiger partial charge on any atom is -0.325 e. The summed E-state index contributed by atoms with van der Waals surface area (Å²) in [6.45, 7) is 0.381. The van der Waals surface area contributed by atoms with Gasteiger partial charge in [0.05, 0.1) is 11.4 Å². The maximum atomic E-state index is 5.77. The molecule has 20 heavy (non-hydrogen) atoms. The van der Waals surface area contributed by atoms with E-state index in [0.29, 0.717) is 6.54 Å². The molecule has 0 aliphatic carbocycles. The van der Waals surface area contributed by atoms with Gasteiger partial charge >= 0.3 is 0 Å². The lowest BCUT2D eigenvalue weighted by molar-refractivity contribution is 0.906. The van der Waals surface area contributed by atoms with Crippen LogP contribution in [0.3, 0.4) is 0 Å². The summed E-state index contributed by atoms with van der Waals surface area (Å²) in [5, 5.41) is 8.55. The van der Waals surface area contributed by atoms with E-state index in [1.165, 1.54) is 0 Å². The topological polar surface area (TPSA) is 51.8 Å². The number of benzene rings is 2. The van der Waals surface area contributed by atoms with E-state index in [1.807, 2.05) is 48.5 Å². The van der Waals surface area contributed by atoms with Crippen molar-refractivity contribution in [2.24, 2.45) is 5.73 Å². The molecule has 3 rings (SSSR count). The van der Waals surface area contributed by atoms with Crippen molar-refractivity contribution in [2.45, 2.75) is 6.54 Å². The number of nitrogens with zero attached hydrogens (tertiary/aromatic N) is 2. The molecule has 0 unspecified atom stereocenters. The highest BCUT2D eigenvalue weighted by Crippen LogP contribution is 2.26. The highest BCUT2D eigenvalue weighted by Gasteiger charge is 2.09. The normalized spacial score (nSPS) is 10.4. The molecule has 0 fully saturated rings. The van der Waals surface area contributed by atoms with Gasteiger partial charge in [0.15, 0.2) is 0 Å². The Labute approximate surface area is 118 Å². The third kappa shape index (κ3) is 2.44. The summed E-state index contributed by atoms with van der Waals surface area (Å²) in [4.78, 5) is 0. The molecule has 3 heteroatoms. The smallest absolute Gasteiger partial charge is 0.0936 e. The number of rotatable bonds is 3. The molecular formula is C17H15N3. The van der Waals surface area contributed by atoms with Crippen molar-refractivity contribution in [1.82, 2.24) is 10.2 Å². The van der Waals surface area contributed by atoms with Crippen molar-refractivity contribution in [2.75, 3.05) is 0 Å². The van der Waals surface area contributed by atoms with Gasteiger partial charge in [0.25, 0.3) is 0 Å². The summed E-state index contributed by atoms with van der Waals surface area (Å²) in [6.07, 6.45) is 0. The Balaban J connectivity index is 2.13. The van der Waals surface area contributed by atoms with Gasteiger partial charge in [-0.15, -0.1) is 0 Å². The number of hydrogen-bond donors (Lipinski definition) is 1. The Bertz CT molecular complexity index is 694. The first kappa shape index (κ1) is 12.5. The van der Waals surface area contributed by atoms with Crippen molar-refractivity contribution >= 4 is 0 Å². The molecule has 0 bridgehead atoms. The van der Waals surface area contributed by atoms with Crippen LogP contribution >= 0.6 is 0 Å². The Morgan fingerprint density at radius 1 is 0.750 bits per heavy atom.